The zero-order valence-electron chi connectivity index (χ0n) is 11.0. The van der Waals surface area contributed by atoms with E-state index in [-0.39, 0.29) is 5.91 Å². The first-order valence-electron chi connectivity index (χ1n) is 7.12. The Morgan fingerprint density at radius 2 is 2.21 bits per heavy atom. The van der Waals surface area contributed by atoms with Gasteiger partial charge in [0.15, 0.2) is 5.16 Å². The molecule has 0 radical (unpaired) electrons. The van der Waals surface area contributed by atoms with E-state index in [9.17, 15) is 4.79 Å². The molecular formula is C13H20N4OS. The van der Waals surface area contributed by atoms with E-state index in [1.807, 2.05) is 0 Å². The van der Waals surface area contributed by atoms with Gasteiger partial charge in [0.25, 0.3) is 0 Å². The smallest absolute Gasteiger partial charge is 0.233 e. The minimum Gasteiger partial charge on any atom is -0.339 e. The Bertz CT molecular complexity index is 420. The number of nitrogens with zero attached hydrogens (tertiary/aromatic N) is 3. The summed E-state index contributed by atoms with van der Waals surface area (Å²) >= 11 is 1.45. The first-order valence-corrected chi connectivity index (χ1v) is 8.11. The van der Waals surface area contributed by atoms with Gasteiger partial charge in [0.2, 0.25) is 5.91 Å². The fourth-order valence-corrected chi connectivity index (χ4v) is 4.08. The van der Waals surface area contributed by atoms with E-state index >= 15 is 0 Å². The Morgan fingerprint density at radius 3 is 3.05 bits per heavy atom. The van der Waals surface area contributed by atoms with E-state index < -0.39 is 0 Å². The summed E-state index contributed by atoms with van der Waals surface area (Å²) in [6.45, 7) is 0.941. The van der Waals surface area contributed by atoms with Crippen LogP contribution in [-0.2, 0) is 4.79 Å². The molecule has 6 heteroatoms. The zero-order chi connectivity index (χ0) is 13.1. The Labute approximate surface area is 117 Å². The number of piperidine rings is 1. The summed E-state index contributed by atoms with van der Waals surface area (Å²) in [5.74, 6) is 1.48. The summed E-state index contributed by atoms with van der Waals surface area (Å²) in [6.07, 6.45) is 9.08. The molecule has 1 aliphatic carbocycles. The predicted molar refractivity (Wildman–Crippen MR) is 73.8 cm³/mol. The molecule has 104 valence electrons. The fraction of sp³-hybridized carbons (Fsp3) is 0.769. The predicted octanol–water partition coefficient (Wildman–Crippen LogP) is 2.08. The molecule has 2 aliphatic rings. The molecule has 1 aromatic heterocycles. The van der Waals surface area contributed by atoms with Crippen LogP contribution >= 0.6 is 11.8 Å². The molecule has 5 nitrogen and oxygen atoms in total. The molecule has 2 fully saturated rings. The summed E-state index contributed by atoms with van der Waals surface area (Å²) in [7, 11) is 0. The van der Waals surface area contributed by atoms with Gasteiger partial charge in [-0.25, -0.2) is 4.98 Å². The van der Waals surface area contributed by atoms with Crippen molar-refractivity contribution in [1.29, 1.82) is 0 Å². The highest BCUT2D eigenvalue weighted by molar-refractivity contribution is 7.99. The number of aromatic amines is 1. The molecule has 2 atom stereocenters. The highest BCUT2D eigenvalue weighted by Crippen LogP contribution is 2.35. The number of hydrogen-bond acceptors (Lipinski definition) is 4. The van der Waals surface area contributed by atoms with Gasteiger partial charge in [-0.3, -0.25) is 9.89 Å². The molecule has 1 N–H and O–H groups in total. The number of thioether (sulfide) groups is 1. The van der Waals surface area contributed by atoms with Crippen LogP contribution in [0.1, 0.15) is 38.5 Å². The highest BCUT2D eigenvalue weighted by Gasteiger charge is 2.35. The highest BCUT2D eigenvalue weighted by atomic mass is 32.2. The number of likely N-dealkylation sites (tertiary alicyclic amines) is 1. The monoisotopic (exact) mass is 280 g/mol. The van der Waals surface area contributed by atoms with Gasteiger partial charge in [0, 0.05) is 12.6 Å². The van der Waals surface area contributed by atoms with Crippen molar-refractivity contribution in [2.24, 2.45) is 5.92 Å². The molecule has 19 heavy (non-hydrogen) atoms. The lowest BCUT2D eigenvalue weighted by atomic mass is 9.78. The Kier molecular flexibility index (Phi) is 4.06. The van der Waals surface area contributed by atoms with Crippen molar-refractivity contribution in [1.82, 2.24) is 20.1 Å². The summed E-state index contributed by atoms with van der Waals surface area (Å²) in [4.78, 5) is 18.6. The van der Waals surface area contributed by atoms with Crippen LogP contribution < -0.4 is 0 Å². The molecule has 0 spiro atoms. The van der Waals surface area contributed by atoms with Gasteiger partial charge in [-0.15, -0.1) is 0 Å². The van der Waals surface area contributed by atoms with Gasteiger partial charge in [-0.05, 0) is 31.6 Å². The van der Waals surface area contributed by atoms with Crippen molar-refractivity contribution in [3.63, 3.8) is 0 Å². The summed E-state index contributed by atoms with van der Waals surface area (Å²) < 4.78 is 0. The largest absolute Gasteiger partial charge is 0.339 e. The van der Waals surface area contributed by atoms with Crippen molar-refractivity contribution in [3.8, 4) is 0 Å². The number of aromatic nitrogens is 3. The summed E-state index contributed by atoms with van der Waals surface area (Å²) in [5.41, 5.74) is 0. The number of rotatable bonds is 3. The molecule has 1 saturated heterocycles. The molecule has 1 amide bonds. The second-order valence-corrected chi connectivity index (χ2v) is 6.38. The minimum atomic E-state index is 0.262. The summed E-state index contributed by atoms with van der Waals surface area (Å²) in [5, 5.41) is 7.31. The molecular weight excluding hydrogens is 260 g/mol. The standard InChI is InChI=1S/C13H20N4OS/c18-12(8-19-13-14-9-15-16-13)17-7-3-5-10-4-1-2-6-11(10)17/h9-11H,1-8H2,(H,14,15,16)/t10-,11-/m0/s1. The Hall–Kier alpha value is -1.04. The minimum absolute atomic E-state index is 0.262. The molecule has 1 aromatic rings. The third kappa shape index (κ3) is 2.94. The van der Waals surface area contributed by atoms with E-state index in [2.05, 4.69) is 20.1 Å². The zero-order valence-corrected chi connectivity index (χ0v) is 11.9. The van der Waals surface area contributed by atoms with Gasteiger partial charge < -0.3 is 4.90 Å². The average molecular weight is 280 g/mol. The number of fused-ring (bicyclic) bond motifs is 1. The molecule has 1 saturated carbocycles. The van der Waals surface area contributed by atoms with E-state index in [1.165, 1.54) is 56.6 Å². The first-order chi connectivity index (χ1) is 9.34. The van der Waals surface area contributed by atoms with Crippen molar-refractivity contribution in [2.45, 2.75) is 49.7 Å². The van der Waals surface area contributed by atoms with E-state index in [0.29, 0.717) is 11.8 Å². The van der Waals surface area contributed by atoms with Crippen LogP contribution in [0.15, 0.2) is 11.5 Å². The SMILES string of the molecule is O=C(CSc1ncn[nH]1)N1CCC[C@@H]2CCCC[C@@H]21. The first kappa shape index (κ1) is 13.0. The van der Waals surface area contributed by atoms with Gasteiger partial charge in [-0.1, -0.05) is 24.6 Å². The van der Waals surface area contributed by atoms with E-state index in [1.54, 1.807) is 0 Å². The van der Waals surface area contributed by atoms with Gasteiger partial charge in [-0.2, -0.15) is 5.10 Å². The molecule has 0 aromatic carbocycles. The van der Waals surface area contributed by atoms with Gasteiger partial charge in [0.1, 0.15) is 6.33 Å². The topological polar surface area (TPSA) is 61.9 Å². The lowest BCUT2D eigenvalue weighted by molar-refractivity contribution is -0.134. The van der Waals surface area contributed by atoms with Crippen molar-refractivity contribution in [3.05, 3.63) is 6.33 Å². The van der Waals surface area contributed by atoms with Crippen molar-refractivity contribution >= 4 is 17.7 Å². The molecule has 0 unspecified atom stereocenters. The molecule has 0 bridgehead atoms. The number of amides is 1. The molecule has 1 aliphatic heterocycles. The quantitative estimate of drug-likeness (QED) is 0.861. The van der Waals surface area contributed by atoms with Gasteiger partial charge in [0.05, 0.1) is 5.75 Å². The van der Waals surface area contributed by atoms with Crippen LogP contribution in [0.25, 0.3) is 0 Å². The average Bonchev–Trinajstić information content (AvgIpc) is 2.97. The van der Waals surface area contributed by atoms with Crippen molar-refractivity contribution in [2.75, 3.05) is 12.3 Å². The normalized spacial score (nSPS) is 27.1. The number of carbonyl (C=O) groups is 1. The molecule has 2 heterocycles. The summed E-state index contributed by atoms with van der Waals surface area (Å²) in [6, 6.07) is 0.505. The lowest BCUT2D eigenvalue weighted by Crippen LogP contribution is -2.50. The lowest BCUT2D eigenvalue weighted by Gasteiger charge is -2.44. The number of carbonyl (C=O) groups excluding carboxylic acids is 1. The maximum atomic E-state index is 12.4. The van der Waals surface area contributed by atoms with Crippen molar-refractivity contribution < 1.29 is 4.79 Å². The van der Waals surface area contributed by atoms with Crippen LogP contribution in [0.4, 0.5) is 0 Å². The van der Waals surface area contributed by atoms with Crippen LogP contribution in [-0.4, -0.2) is 44.3 Å². The third-order valence-corrected chi connectivity index (χ3v) is 5.15. The maximum Gasteiger partial charge on any atom is 0.233 e. The second kappa shape index (κ2) is 5.94. The van der Waals surface area contributed by atoms with Crippen LogP contribution in [0.3, 0.4) is 0 Å². The number of hydrogen-bond donors (Lipinski definition) is 1. The van der Waals surface area contributed by atoms with Crippen LogP contribution in [0.5, 0.6) is 0 Å². The van der Waals surface area contributed by atoms with E-state index in [0.717, 1.165) is 17.6 Å². The fourth-order valence-electron chi connectivity index (χ4n) is 3.41. The number of H-pyrrole nitrogens is 1. The van der Waals surface area contributed by atoms with Crippen LogP contribution in [0.2, 0.25) is 0 Å². The Morgan fingerprint density at radius 1 is 1.37 bits per heavy atom. The Balaban J connectivity index is 1.58. The second-order valence-electron chi connectivity index (χ2n) is 5.42. The maximum absolute atomic E-state index is 12.4. The van der Waals surface area contributed by atoms with Crippen LogP contribution in [0, 0.1) is 5.92 Å². The van der Waals surface area contributed by atoms with Gasteiger partial charge >= 0.3 is 0 Å². The number of nitrogens with one attached hydrogen (secondary N) is 1. The van der Waals surface area contributed by atoms with E-state index in [4.69, 9.17) is 0 Å². The molecule has 3 rings (SSSR count). The third-order valence-electron chi connectivity index (χ3n) is 4.29.